The number of rotatable bonds is 3. The zero-order valence-corrected chi connectivity index (χ0v) is 12.2. The Morgan fingerprint density at radius 2 is 2.10 bits per heavy atom. The number of ether oxygens (including phenoxy) is 1. The quantitative estimate of drug-likeness (QED) is 0.685. The van der Waals surface area contributed by atoms with Crippen molar-refractivity contribution in [2.75, 3.05) is 13.1 Å². The van der Waals surface area contributed by atoms with E-state index in [0.29, 0.717) is 12.1 Å². The molecule has 0 spiro atoms. The van der Waals surface area contributed by atoms with Gasteiger partial charge in [0.2, 0.25) is 0 Å². The summed E-state index contributed by atoms with van der Waals surface area (Å²) >= 11 is 0. The average molecular weight is 288 g/mol. The van der Waals surface area contributed by atoms with Crippen LogP contribution in [0.1, 0.15) is 37.3 Å². The smallest absolute Gasteiger partial charge is 0.263 e. The van der Waals surface area contributed by atoms with Crippen LogP contribution in [0.25, 0.3) is 0 Å². The van der Waals surface area contributed by atoms with Gasteiger partial charge in [-0.2, -0.15) is 0 Å². The Balaban J connectivity index is 1.76. The van der Waals surface area contributed by atoms with Crippen molar-refractivity contribution in [3.8, 4) is 5.75 Å². The van der Waals surface area contributed by atoms with Gasteiger partial charge in [-0.25, -0.2) is 0 Å². The summed E-state index contributed by atoms with van der Waals surface area (Å²) in [6.07, 6.45) is 3.17. The average Bonchev–Trinajstić information content (AvgIpc) is 3.16. The van der Waals surface area contributed by atoms with E-state index < -0.39 is 6.10 Å². The van der Waals surface area contributed by atoms with E-state index in [1.165, 1.54) is 0 Å². The standard InChI is InChI=1S/C16H20N2O3/c1-11(16(19)18-9-2-3-10-18)21-15-6-4-5-12-13(15)7-8-14(12)17-20/h4-6,11,20H,2-3,7-10H2,1H3. The van der Waals surface area contributed by atoms with E-state index >= 15 is 0 Å². The van der Waals surface area contributed by atoms with Crippen LogP contribution >= 0.6 is 0 Å². The maximum Gasteiger partial charge on any atom is 0.263 e. The van der Waals surface area contributed by atoms with Crippen LogP contribution in [0.4, 0.5) is 0 Å². The molecule has 1 aromatic rings. The van der Waals surface area contributed by atoms with Gasteiger partial charge in [-0.15, -0.1) is 0 Å². The van der Waals surface area contributed by atoms with E-state index in [-0.39, 0.29) is 5.91 Å². The molecule has 1 unspecified atom stereocenters. The van der Waals surface area contributed by atoms with Crippen molar-refractivity contribution in [3.63, 3.8) is 0 Å². The van der Waals surface area contributed by atoms with Crippen LogP contribution in [0.5, 0.6) is 5.75 Å². The van der Waals surface area contributed by atoms with Gasteiger partial charge in [-0.05, 0) is 38.7 Å². The normalized spacial score (nSPS) is 20.6. The lowest BCUT2D eigenvalue weighted by Crippen LogP contribution is -2.38. The van der Waals surface area contributed by atoms with Crippen molar-refractivity contribution in [3.05, 3.63) is 29.3 Å². The summed E-state index contributed by atoms with van der Waals surface area (Å²) in [5.74, 6) is 0.783. The lowest BCUT2D eigenvalue weighted by atomic mass is 10.1. The number of oxime groups is 1. The van der Waals surface area contributed by atoms with Crippen LogP contribution in [0, 0.1) is 0 Å². The molecule has 0 radical (unpaired) electrons. The van der Waals surface area contributed by atoms with E-state index in [9.17, 15) is 4.79 Å². The lowest BCUT2D eigenvalue weighted by Gasteiger charge is -2.22. The topological polar surface area (TPSA) is 62.1 Å². The zero-order chi connectivity index (χ0) is 14.8. The molecule has 1 atom stereocenters. The highest BCUT2D eigenvalue weighted by molar-refractivity contribution is 6.04. The number of fused-ring (bicyclic) bond motifs is 1. The molecule has 1 amide bonds. The Bertz CT molecular complexity index is 577. The molecule has 3 rings (SSSR count). The third-order valence-corrected chi connectivity index (χ3v) is 4.25. The summed E-state index contributed by atoms with van der Waals surface area (Å²) in [5, 5.41) is 12.3. The predicted octanol–water partition coefficient (Wildman–Crippen LogP) is 2.20. The Labute approximate surface area is 124 Å². The minimum atomic E-state index is -0.482. The van der Waals surface area contributed by atoms with E-state index in [1.807, 2.05) is 23.1 Å². The van der Waals surface area contributed by atoms with Gasteiger partial charge in [-0.3, -0.25) is 4.79 Å². The first-order chi connectivity index (χ1) is 10.2. The van der Waals surface area contributed by atoms with Crippen molar-refractivity contribution < 1.29 is 14.7 Å². The zero-order valence-electron chi connectivity index (χ0n) is 12.2. The number of nitrogens with zero attached hydrogens (tertiary/aromatic N) is 2. The first-order valence-corrected chi connectivity index (χ1v) is 7.49. The second-order valence-electron chi connectivity index (χ2n) is 5.62. The van der Waals surface area contributed by atoms with Crippen molar-refractivity contribution in [2.45, 2.75) is 38.7 Å². The monoisotopic (exact) mass is 288 g/mol. The van der Waals surface area contributed by atoms with Gasteiger partial charge in [0.15, 0.2) is 6.10 Å². The third kappa shape index (κ3) is 2.60. The minimum absolute atomic E-state index is 0.0548. The second kappa shape index (κ2) is 5.76. The fourth-order valence-corrected chi connectivity index (χ4v) is 3.12. The molecule has 1 aliphatic heterocycles. The number of hydrogen-bond acceptors (Lipinski definition) is 4. The van der Waals surface area contributed by atoms with E-state index in [0.717, 1.165) is 49.2 Å². The Morgan fingerprint density at radius 1 is 1.33 bits per heavy atom. The molecular weight excluding hydrogens is 268 g/mol. The number of carbonyl (C=O) groups excluding carboxylic acids is 1. The Kier molecular flexibility index (Phi) is 3.82. The molecule has 0 saturated carbocycles. The fourth-order valence-electron chi connectivity index (χ4n) is 3.12. The van der Waals surface area contributed by atoms with Crippen LogP contribution in [0.3, 0.4) is 0 Å². The van der Waals surface area contributed by atoms with Gasteiger partial charge in [0.25, 0.3) is 5.91 Å². The highest BCUT2D eigenvalue weighted by atomic mass is 16.5. The first kappa shape index (κ1) is 13.9. The van der Waals surface area contributed by atoms with Crippen molar-refractivity contribution in [1.29, 1.82) is 0 Å². The third-order valence-electron chi connectivity index (χ3n) is 4.25. The summed E-state index contributed by atoms with van der Waals surface area (Å²) in [6, 6.07) is 5.68. The van der Waals surface area contributed by atoms with E-state index in [4.69, 9.17) is 9.94 Å². The molecule has 1 saturated heterocycles. The van der Waals surface area contributed by atoms with Crippen LogP contribution in [-0.2, 0) is 11.2 Å². The summed E-state index contributed by atoms with van der Waals surface area (Å²) in [4.78, 5) is 14.2. The fraction of sp³-hybridized carbons (Fsp3) is 0.500. The molecule has 1 aromatic carbocycles. The first-order valence-electron chi connectivity index (χ1n) is 7.49. The molecule has 112 valence electrons. The van der Waals surface area contributed by atoms with Crippen LogP contribution in [0.15, 0.2) is 23.4 Å². The molecular formula is C16H20N2O3. The SMILES string of the molecule is CC(Oc1cccc2c1CCC2=NO)C(=O)N1CCCC1. The minimum Gasteiger partial charge on any atom is -0.481 e. The summed E-state index contributed by atoms with van der Waals surface area (Å²) in [5.41, 5.74) is 2.65. The molecule has 2 aliphatic rings. The van der Waals surface area contributed by atoms with Gasteiger partial charge in [0.1, 0.15) is 5.75 Å². The second-order valence-corrected chi connectivity index (χ2v) is 5.62. The number of likely N-dealkylation sites (tertiary alicyclic amines) is 1. The maximum absolute atomic E-state index is 12.3. The largest absolute Gasteiger partial charge is 0.481 e. The number of hydrogen-bond donors (Lipinski definition) is 1. The maximum atomic E-state index is 12.3. The molecule has 0 bridgehead atoms. The molecule has 5 heteroatoms. The molecule has 1 heterocycles. The number of carbonyl (C=O) groups is 1. The summed E-state index contributed by atoms with van der Waals surface area (Å²) < 4.78 is 5.90. The predicted molar refractivity (Wildman–Crippen MR) is 79.0 cm³/mol. The van der Waals surface area contributed by atoms with Crippen LogP contribution in [0.2, 0.25) is 0 Å². The highest BCUT2D eigenvalue weighted by Crippen LogP contribution is 2.31. The van der Waals surface area contributed by atoms with Gasteiger partial charge >= 0.3 is 0 Å². The Hall–Kier alpha value is -2.04. The highest BCUT2D eigenvalue weighted by Gasteiger charge is 2.27. The van der Waals surface area contributed by atoms with E-state index in [1.54, 1.807) is 6.92 Å². The summed E-state index contributed by atoms with van der Waals surface area (Å²) in [6.45, 7) is 3.47. The van der Waals surface area contributed by atoms with E-state index in [2.05, 4.69) is 5.16 Å². The molecule has 1 aliphatic carbocycles. The molecule has 1 fully saturated rings. The van der Waals surface area contributed by atoms with Crippen molar-refractivity contribution in [1.82, 2.24) is 4.90 Å². The summed E-state index contributed by atoms with van der Waals surface area (Å²) in [7, 11) is 0. The van der Waals surface area contributed by atoms with Gasteiger partial charge in [0.05, 0.1) is 5.71 Å². The van der Waals surface area contributed by atoms with Crippen LogP contribution in [-0.4, -0.2) is 40.9 Å². The van der Waals surface area contributed by atoms with Crippen LogP contribution < -0.4 is 4.74 Å². The van der Waals surface area contributed by atoms with Gasteiger partial charge < -0.3 is 14.8 Å². The molecule has 1 N–H and O–H groups in total. The Morgan fingerprint density at radius 3 is 2.81 bits per heavy atom. The van der Waals surface area contributed by atoms with Crippen molar-refractivity contribution >= 4 is 11.6 Å². The van der Waals surface area contributed by atoms with Crippen molar-refractivity contribution in [2.24, 2.45) is 5.16 Å². The molecule has 0 aromatic heterocycles. The van der Waals surface area contributed by atoms with Gasteiger partial charge in [-0.1, -0.05) is 17.3 Å². The van der Waals surface area contributed by atoms with Gasteiger partial charge in [0, 0.05) is 24.2 Å². The lowest BCUT2D eigenvalue weighted by molar-refractivity contribution is -0.136. The number of amides is 1. The number of benzene rings is 1. The molecule has 5 nitrogen and oxygen atoms in total. The molecule has 21 heavy (non-hydrogen) atoms.